The molecule has 0 aliphatic carbocycles. The second kappa shape index (κ2) is 4.42. The summed E-state index contributed by atoms with van der Waals surface area (Å²) in [4.78, 5) is 14.2. The van der Waals surface area contributed by atoms with Crippen molar-refractivity contribution in [3.63, 3.8) is 0 Å². The Morgan fingerprint density at radius 2 is 2.38 bits per heavy atom. The number of aliphatic hydroxyl groups is 1. The molecule has 0 spiro atoms. The van der Waals surface area contributed by atoms with Crippen LogP contribution in [0.3, 0.4) is 0 Å². The highest BCUT2D eigenvalue weighted by Gasteiger charge is 1.99. The van der Waals surface area contributed by atoms with Crippen LogP contribution in [-0.4, -0.2) is 27.9 Å². The van der Waals surface area contributed by atoms with Crippen molar-refractivity contribution in [1.82, 2.24) is 4.98 Å². The number of nitrogens with one attached hydrogen (secondary N) is 1. The Labute approximate surface area is 75.0 Å². The van der Waals surface area contributed by atoms with Gasteiger partial charge in [0, 0.05) is 30.6 Å². The highest BCUT2D eigenvalue weighted by atomic mass is 16.4. The molecular weight excluding hydrogens is 172 g/mol. The molecule has 0 aliphatic rings. The minimum absolute atomic E-state index is 0.00350. The molecule has 70 valence electrons. The summed E-state index contributed by atoms with van der Waals surface area (Å²) in [6.07, 6.45) is 0.812. The number of aromatic nitrogens is 1. The first-order chi connectivity index (χ1) is 6.22. The summed E-state index contributed by atoms with van der Waals surface area (Å²) in [7, 11) is 0. The molecule has 3 N–H and O–H groups in total. The maximum absolute atomic E-state index is 10.3. The van der Waals surface area contributed by atoms with Crippen LogP contribution in [-0.2, 0) is 6.42 Å². The van der Waals surface area contributed by atoms with E-state index in [9.17, 15) is 4.79 Å². The zero-order valence-corrected chi connectivity index (χ0v) is 6.90. The summed E-state index contributed by atoms with van der Waals surface area (Å²) in [5.41, 5.74) is 1.12. The SMILES string of the molecule is O=C(O)Nc1ccnc(CCO)c1. The molecule has 0 bridgehead atoms. The molecule has 0 unspecified atom stereocenters. The Hall–Kier alpha value is -1.62. The Morgan fingerprint density at radius 1 is 1.62 bits per heavy atom. The number of rotatable bonds is 3. The lowest BCUT2D eigenvalue weighted by molar-refractivity contribution is 0.210. The molecule has 5 nitrogen and oxygen atoms in total. The highest BCUT2D eigenvalue weighted by Crippen LogP contribution is 2.07. The van der Waals surface area contributed by atoms with Gasteiger partial charge in [-0.25, -0.2) is 4.79 Å². The summed E-state index contributed by atoms with van der Waals surface area (Å²) in [6, 6.07) is 3.14. The van der Waals surface area contributed by atoms with E-state index in [4.69, 9.17) is 10.2 Å². The van der Waals surface area contributed by atoms with Gasteiger partial charge in [0.1, 0.15) is 0 Å². The van der Waals surface area contributed by atoms with Crippen molar-refractivity contribution in [3.05, 3.63) is 24.0 Å². The van der Waals surface area contributed by atoms with Gasteiger partial charge in [-0.3, -0.25) is 10.3 Å². The Balaban J connectivity index is 2.73. The van der Waals surface area contributed by atoms with Gasteiger partial charge >= 0.3 is 6.09 Å². The number of amides is 1. The largest absolute Gasteiger partial charge is 0.465 e. The van der Waals surface area contributed by atoms with Gasteiger partial charge in [0.25, 0.3) is 0 Å². The van der Waals surface area contributed by atoms with E-state index in [1.165, 1.54) is 6.20 Å². The van der Waals surface area contributed by atoms with Crippen LogP contribution in [0.5, 0.6) is 0 Å². The number of nitrogens with zero attached hydrogens (tertiary/aromatic N) is 1. The molecule has 1 aromatic rings. The van der Waals surface area contributed by atoms with E-state index in [0.29, 0.717) is 17.8 Å². The normalized spacial score (nSPS) is 9.62. The molecule has 0 fully saturated rings. The Morgan fingerprint density at radius 3 is 3.00 bits per heavy atom. The van der Waals surface area contributed by atoms with Crippen molar-refractivity contribution in [3.8, 4) is 0 Å². The first-order valence-corrected chi connectivity index (χ1v) is 3.78. The van der Waals surface area contributed by atoms with Gasteiger partial charge in [-0.2, -0.15) is 0 Å². The molecule has 0 radical (unpaired) electrons. The summed E-state index contributed by atoms with van der Waals surface area (Å²) >= 11 is 0. The van der Waals surface area contributed by atoms with Gasteiger partial charge in [-0.15, -0.1) is 0 Å². The van der Waals surface area contributed by atoms with E-state index >= 15 is 0 Å². The van der Waals surface area contributed by atoms with E-state index in [0.717, 1.165) is 0 Å². The number of hydrogen-bond donors (Lipinski definition) is 3. The molecule has 1 heterocycles. The van der Waals surface area contributed by atoms with Gasteiger partial charge in [-0.1, -0.05) is 0 Å². The van der Waals surface area contributed by atoms with Crippen LogP contribution >= 0.6 is 0 Å². The average molecular weight is 182 g/mol. The number of anilines is 1. The molecule has 0 atom stereocenters. The monoisotopic (exact) mass is 182 g/mol. The van der Waals surface area contributed by atoms with Gasteiger partial charge in [0.15, 0.2) is 0 Å². The fraction of sp³-hybridized carbons (Fsp3) is 0.250. The standard InChI is InChI=1S/C8H10N2O3/c11-4-2-6-5-7(1-3-9-6)10-8(12)13/h1,3,5,11H,2,4H2,(H,9,10)(H,12,13). The average Bonchev–Trinajstić information content (AvgIpc) is 2.04. The third-order valence-corrected chi connectivity index (χ3v) is 1.44. The Kier molecular flexibility index (Phi) is 3.22. The van der Waals surface area contributed by atoms with Crippen molar-refractivity contribution in [2.45, 2.75) is 6.42 Å². The molecule has 0 saturated carbocycles. The molecule has 5 heteroatoms. The van der Waals surface area contributed by atoms with Crippen LogP contribution in [0.1, 0.15) is 5.69 Å². The van der Waals surface area contributed by atoms with Crippen LogP contribution in [0.15, 0.2) is 18.3 Å². The lowest BCUT2D eigenvalue weighted by Gasteiger charge is -2.02. The summed E-state index contributed by atoms with van der Waals surface area (Å²) in [5.74, 6) is 0. The maximum atomic E-state index is 10.3. The first kappa shape index (κ1) is 9.47. The molecule has 0 aromatic carbocycles. The first-order valence-electron chi connectivity index (χ1n) is 3.78. The van der Waals surface area contributed by atoms with Crippen molar-refractivity contribution in [1.29, 1.82) is 0 Å². The molecule has 1 amide bonds. The van der Waals surface area contributed by atoms with Gasteiger partial charge in [0.05, 0.1) is 0 Å². The number of pyridine rings is 1. The summed E-state index contributed by atoms with van der Waals surface area (Å²) < 4.78 is 0. The van der Waals surface area contributed by atoms with Gasteiger partial charge < -0.3 is 10.2 Å². The van der Waals surface area contributed by atoms with Crippen molar-refractivity contribution in [2.24, 2.45) is 0 Å². The third-order valence-electron chi connectivity index (χ3n) is 1.44. The van der Waals surface area contributed by atoms with Crippen molar-refractivity contribution >= 4 is 11.8 Å². The lowest BCUT2D eigenvalue weighted by atomic mass is 10.2. The fourth-order valence-electron chi connectivity index (χ4n) is 0.931. The fourth-order valence-corrected chi connectivity index (χ4v) is 0.931. The summed E-state index contributed by atoms with van der Waals surface area (Å²) in [5, 5.41) is 19.2. The zero-order valence-electron chi connectivity index (χ0n) is 6.90. The number of carboxylic acid groups (broad SMARTS) is 1. The van der Waals surface area contributed by atoms with Crippen LogP contribution in [0, 0.1) is 0 Å². The van der Waals surface area contributed by atoms with E-state index in [1.807, 2.05) is 0 Å². The topological polar surface area (TPSA) is 82.5 Å². The van der Waals surface area contributed by atoms with Crippen LogP contribution in [0.2, 0.25) is 0 Å². The smallest absolute Gasteiger partial charge is 0.409 e. The third kappa shape index (κ3) is 3.08. The van der Waals surface area contributed by atoms with Gasteiger partial charge in [0.2, 0.25) is 0 Å². The minimum atomic E-state index is -1.11. The van der Waals surface area contributed by atoms with Crippen LogP contribution < -0.4 is 5.32 Å². The zero-order chi connectivity index (χ0) is 9.68. The predicted molar refractivity (Wildman–Crippen MR) is 46.7 cm³/mol. The molecule has 13 heavy (non-hydrogen) atoms. The molecule has 0 saturated heterocycles. The van der Waals surface area contributed by atoms with E-state index in [2.05, 4.69) is 10.3 Å². The maximum Gasteiger partial charge on any atom is 0.409 e. The minimum Gasteiger partial charge on any atom is -0.465 e. The van der Waals surface area contributed by atoms with Gasteiger partial charge in [-0.05, 0) is 12.1 Å². The van der Waals surface area contributed by atoms with Crippen LogP contribution in [0.4, 0.5) is 10.5 Å². The second-order valence-electron chi connectivity index (χ2n) is 2.44. The van der Waals surface area contributed by atoms with E-state index < -0.39 is 6.09 Å². The highest BCUT2D eigenvalue weighted by molar-refractivity contribution is 5.82. The number of hydrogen-bond acceptors (Lipinski definition) is 3. The van der Waals surface area contributed by atoms with Crippen molar-refractivity contribution < 1.29 is 15.0 Å². The second-order valence-corrected chi connectivity index (χ2v) is 2.44. The molecular formula is C8H10N2O3. The van der Waals surface area contributed by atoms with E-state index in [1.54, 1.807) is 12.1 Å². The van der Waals surface area contributed by atoms with Crippen molar-refractivity contribution in [2.75, 3.05) is 11.9 Å². The van der Waals surface area contributed by atoms with E-state index in [-0.39, 0.29) is 6.61 Å². The van der Waals surface area contributed by atoms with Crippen LogP contribution in [0.25, 0.3) is 0 Å². The Bertz CT molecular complexity index is 301. The number of carbonyl (C=O) groups is 1. The quantitative estimate of drug-likeness (QED) is 0.642. The molecule has 1 rings (SSSR count). The molecule has 0 aliphatic heterocycles. The molecule has 1 aromatic heterocycles. The number of aliphatic hydroxyl groups excluding tert-OH is 1. The lowest BCUT2D eigenvalue weighted by Crippen LogP contribution is -2.07. The predicted octanol–water partition coefficient (Wildman–Crippen LogP) is 0.706. The summed E-state index contributed by atoms with van der Waals surface area (Å²) in [6.45, 7) is 0.00350.